The van der Waals surface area contributed by atoms with Crippen LogP contribution in [0.15, 0.2) is 0 Å². The van der Waals surface area contributed by atoms with E-state index in [2.05, 4.69) is 4.90 Å². The molecule has 2 rings (SSSR count). The topological polar surface area (TPSA) is 46.4 Å². The van der Waals surface area contributed by atoms with Gasteiger partial charge in [-0.2, -0.15) is 0 Å². The lowest BCUT2D eigenvalue weighted by molar-refractivity contribution is -0.518. The number of hydrogen-bond acceptors (Lipinski definition) is 3. The Morgan fingerprint density at radius 2 is 1.87 bits per heavy atom. The van der Waals surface area contributed by atoms with E-state index >= 15 is 0 Å². The molecule has 1 saturated carbocycles. The summed E-state index contributed by atoms with van der Waals surface area (Å²) >= 11 is 0. The number of nitro groups is 1. The molecule has 0 radical (unpaired) electrons. The van der Waals surface area contributed by atoms with E-state index < -0.39 is 6.04 Å². The van der Waals surface area contributed by atoms with Crippen molar-refractivity contribution in [1.82, 2.24) is 4.90 Å². The Morgan fingerprint density at radius 3 is 2.33 bits per heavy atom. The van der Waals surface area contributed by atoms with Gasteiger partial charge < -0.3 is 0 Å². The van der Waals surface area contributed by atoms with Crippen molar-refractivity contribution in [3.8, 4) is 0 Å². The molecule has 0 bridgehead atoms. The molecule has 0 aromatic carbocycles. The molecule has 4 heteroatoms. The van der Waals surface area contributed by atoms with Gasteiger partial charge in [-0.15, -0.1) is 0 Å². The number of hydrogen-bond donors (Lipinski definition) is 0. The second-order valence-corrected chi connectivity index (χ2v) is 5.16. The second kappa shape index (κ2) is 4.47. The van der Waals surface area contributed by atoms with Crippen molar-refractivity contribution in [1.29, 1.82) is 0 Å². The standard InChI is InChI=1S/C11H20N2O2/c1-9(13(14)15)6-12-7-10-4-2-3-5-11(10)8-12/h9-11H,2-8H2,1H3. The third kappa shape index (κ3) is 2.48. The summed E-state index contributed by atoms with van der Waals surface area (Å²) in [6.07, 6.45) is 5.40. The van der Waals surface area contributed by atoms with Crippen molar-refractivity contribution in [3.63, 3.8) is 0 Å². The van der Waals surface area contributed by atoms with Crippen LogP contribution in [0.25, 0.3) is 0 Å². The van der Waals surface area contributed by atoms with Crippen LogP contribution in [0.2, 0.25) is 0 Å². The molecular formula is C11H20N2O2. The van der Waals surface area contributed by atoms with Crippen molar-refractivity contribution in [2.45, 2.75) is 38.6 Å². The lowest BCUT2D eigenvalue weighted by Crippen LogP contribution is -2.33. The molecule has 0 aromatic rings. The molecular weight excluding hydrogens is 192 g/mol. The monoisotopic (exact) mass is 212 g/mol. The van der Waals surface area contributed by atoms with Crippen LogP contribution < -0.4 is 0 Å². The van der Waals surface area contributed by atoms with Gasteiger partial charge in [0.15, 0.2) is 0 Å². The van der Waals surface area contributed by atoms with Crippen LogP contribution in [-0.2, 0) is 0 Å². The molecule has 0 aromatic heterocycles. The molecule has 0 spiro atoms. The summed E-state index contributed by atoms with van der Waals surface area (Å²) in [7, 11) is 0. The Kier molecular flexibility index (Phi) is 3.24. The predicted octanol–water partition coefficient (Wildman–Crippen LogP) is 1.77. The number of rotatable bonds is 3. The zero-order valence-electron chi connectivity index (χ0n) is 9.39. The maximum Gasteiger partial charge on any atom is 0.222 e. The molecule has 86 valence electrons. The van der Waals surface area contributed by atoms with Crippen molar-refractivity contribution in [2.75, 3.05) is 19.6 Å². The summed E-state index contributed by atoms with van der Waals surface area (Å²) in [5, 5.41) is 10.6. The zero-order chi connectivity index (χ0) is 10.8. The molecule has 4 nitrogen and oxygen atoms in total. The average molecular weight is 212 g/mol. The molecule has 0 amide bonds. The van der Waals surface area contributed by atoms with Crippen LogP contribution in [0.5, 0.6) is 0 Å². The lowest BCUT2D eigenvalue weighted by Gasteiger charge is -2.23. The Balaban J connectivity index is 1.83. The van der Waals surface area contributed by atoms with Crippen LogP contribution in [0, 0.1) is 22.0 Å². The highest BCUT2D eigenvalue weighted by Crippen LogP contribution is 2.35. The Bertz CT molecular complexity index is 231. The van der Waals surface area contributed by atoms with E-state index in [1.807, 2.05) is 0 Å². The molecule has 3 atom stereocenters. The highest BCUT2D eigenvalue weighted by molar-refractivity contribution is 4.87. The molecule has 1 saturated heterocycles. The molecule has 1 aliphatic heterocycles. The normalized spacial score (nSPS) is 33.7. The zero-order valence-corrected chi connectivity index (χ0v) is 9.39. The first-order valence-corrected chi connectivity index (χ1v) is 6.02. The van der Waals surface area contributed by atoms with E-state index in [-0.39, 0.29) is 4.92 Å². The summed E-state index contributed by atoms with van der Waals surface area (Å²) in [5.74, 6) is 1.66. The van der Waals surface area contributed by atoms with Crippen molar-refractivity contribution in [3.05, 3.63) is 10.1 Å². The van der Waals surface area contributed by atoms with Gasteiger partial charge in [-0.05, 0) is 24.7 Å². The lowest BCUT2D eigenvalue weighted by atomic mass is 9.82. The maximum atomic E-state index is 10.6. The number of likely N-dealkylation sites (tertiary alicyclic amines) is 1. The first-order chi connectivity index (χ1) is 7.16. The van der Waals surface area contributed by atoms with E-state index in [1.54, 1.807) is 6.92 Å². The minimum atomic E-state index is -0.412. The van der Waals surface area contributed by atoms with Gasteiger partial charge in [0, 0.05) is 24.9 Å². The molecule has 0 N–H and O–H groups in total. The molecule has 3 unspecified atom stereocenters. The van der Waals surface area contributed by atoms with E-state index in [9.17, 15) is 10.1 Å². The average Bonchev–Trinajstić information content (AvgIpc) is 2.59. The highest BCUT2D eigenvalue weighted by Gasteiger charge is 2.35. The summed E-state index contributed by atoms with van der Waals surface area (Å²) < 4.78 is 0. The Hall–Kier alpha value is -0.640. The van der Waals surface area contributed by atoms with Gasteiger partial charge in [0.25, 0.3) is 0 Å². The van der Waals surface area contributed by atoms with Crippen LogP contribution >= 0.6 is 0 Å². The molecule has 1 heterocycles. The van der Waals surface area contributed by atoms with Gasteiger partial charge >= 0.3 is 0 Å². The summed E-state index contributed by atoms with van der Waals surface area (Å²) in [4.78, 5) is 12.7. The van der Waals surface area contributed by atoms with Gasteiger partial charge in [0.05, 0.1) is 6.54 Å². The summed E-state index contributed by atoms with van der Waals surface area (Å²) in [6, 6.07) is -0.412. The summed E-state index contributed by atoms with van der Waals surface area (Å²) in [5.41, 5.74) is 0. The quantitative estimate of drug-likeness (QED) is 0.529. The highest BCUT2D eigenvalue weighted by atomic mass is 16.6. The summed E-state index contributed by atoms with van der Waals surface area (Å²) in [6.45, 7) is 4.55. The Morgan fingerprint density at radius 1 is 1.33 bits per heavy atom. The van der Waals surface area contributed by atoms with Crippen molar-refractivity contribution in [2.24, 2.45) is 11.8 Å². The fourth-order valence-electron chi connectivity index (χ4n) is 3.09. The number of nitrogens with zero attached hydrogens (tertiary/aromatic N) is 2. The van der Waals surface area contributed by atoms with Crippen LogP contribution in [0.3, 0.4) is 0 Å². The Labute approximate surface area is 90.8 Å². The van der Waals surface area contributed by atoms with Gasteiger partial charge in [-0.25, -0.2) is 0 Å². The third-order valence-corrected chi connectivity index (χ3v) is 3.93. The third-order valence-electron chi connectivity index (χ3n) is 3.93. The fourth-order valence-corrected chi connectivity index (χ4v) is 3.09. The van der Waals surface area contributed by atoms with Crippen molar-refractivity contribution >= 4 is 0 Å². The predicted molar refractivity (Wildman–Crippen MR) is 58.3 cm³/mol. The first kappa shape index (κ1) is 10.9. The van der Waals surface area contributed by atoms with Gasteiger partial charge in [-0.3, -0.25) is 15.0 Å². The largest absolute Gasteiger partial charge is 0.296 e. The van der Waals surface area contributed by atoms with Crippen LogP contribution in [0.4, 0.5) is 0 Å². The van der Waals surface area contributed by atoms with E-state index in [4.69, 9.17) is 0 Å². The number of fused-ring (bicyclic) bond motifs is 1. The van der Waals surface area contributed by atoms with Crippen LogP contribution in [0.1, 0.15) is 32.6 Å². The van der Waals surface area contributed by atoms with Crippen molar-refractivity contribution < 1.29 is 4.92 Å². The minimum Gasteiger partial charge on any atom is -0.296 e. The first-order valence-electron chi connectivity index (χ1n) is 6.02. The molecule has 1 aliphatic carbocycles. The van der Waals surface area contributed by atoms with Gasteiger partial charge in [-0.1, -0.05) is 12.8 Å². The minimum absolute atomic E-state index is 0.165. The molecule has 2 aliphatic rings. The SMILES string of the molecule is CC(CN1CC2CCCCC2C1)[N+](=O)[O-]. The van der Waals surface area contributed by atoms with E-state index in [1.165, 1.54) is 25.7 Å². The second-order valence-electron chi connectivity index (χ2n) is 5.16. The smallest absolute Gasteiger partial charge is 0.222 e. The van der Waals surface area contributed by atoms with E-state index in [0.29, 0.717) is 6.54 Å². The van der Waals surface area contributed by atoms with Crippen LogP contribution in [-0.4, -0.2) is 35.5 Å². The fraction of sp³-hybridized carbons (Fsp3) is 1.00. The van der Waals surface area contributed by atoms with Gasteiger partial charge in [0.1, 0.15) is 0 Å². The van der Waals surface area contributed by atoms with Gasteiger partial charge in [0.2, 0.25) is 6.04 Å². The molecule has 2 fully saturated rings. The van der Waals surface area contributed by atoms with E-state index in [0.717, 1.165) is 24.9 Å². The maximum absolute atomic E-state index is 10.6. The molecule has 15 heavy (non-hydrogen) atoms.